The summed E-state index contributed by atoms with van der Waals surface area (Å²) in [7, 11) is 0. The van der Waals surface area contributed by atoms with Crippen molar-refractivity contribution in [2.45, 2.75) is 42.4 Å². The summed E-state index contributed by atoms with van der Waals surface area (Å²) >= 11 is 7.36. The van der Waals surface area contributed by atoms with Crippen molar-refractivity contribution in [1.29, 1.82) is 0 Å². The number of amides is 2. The number of carbonyl (C=O) groups is 2. The third kappa shape index (κ3) is 3.31. The number of rotatable bonds is 3. The van der Waals surface area contributed by atoms with Gasteiger partial charge in [0.25, 0.3) is 0 Å². The molecule has 2 aromatic rings. The Balaban J connectivity index is 1.47. The van der Waals surface area contributed by atoms with Crippen LogP contribution in [0.4, 0.5) is 5.69 Å². The molecule has 0 saturated carbocycles. The summed E-state index contributed by atoms with van der Waals surface area (Å²) in [6.45, 7) is 2.36. The summed E-state index contributed by atoms with van der Waals surface area (Å²) in [5.41, 5.74) is 0.691. The van der Waals surface area contributed by atoms with E-state index in [9.17, 15) is 9.59 Å². The van der Waals surface area contributed by atoms with Crippen molar-refractivity contribution in [2.24, 2.45) is 0 Å². The Labute approximate surface area is 159 Å². The number of thioether (sulfide) groups is 1. The van der Waals surface area contributed by atoms with E-state index in [0.29, 0.717) is 29.0 Å². The lowest BCUT2D eigenvalue weighted by molar-refractivity contribution is -0.133. The van der Waals surface area contributed by atoms with Crippen LogP contribution in [0.2, 0.25) is 5.02 Å². The second-order valence-electron chi connectivity index (χ2n) is 6.34. The molecule has 2 amide bonds. The van der Waals surface area contributed by atoms with Gasteiger partial charge < -0.3 is 14.6 Å². The maximum Gasteiger partial charge on any atom is 0.238 e. The third-order valence-electron chi connectivity index (χ3n) is 4.52. The maximum atomic E-state index is 12.8. The zero-order valence-electron chi connectivity index (χ0n) is 14.1. The number of hydrogen-bond acceptors (Lipinski definition) is 6. The molecule has 2 aliphatic rings. The number of nitrogens with one attached hydrogen (secondary N) is 1. The first-order valence-electron chi connectivity index (χ1n) is 8.38. The molecule has 0 bridgehead atoms. The predicted octanol–water partition coefficient (Wildman–Crippen LogP) is 3.20. The molecule has 1 fully saturated rings. The van der Waals surface area contributed by atoms with E-state index in [4.69, 9.17) is 16.0 Å². The molecule has 7 nitrogen and oxygen atoms in total. The van der Waals surface area contributed by atoms with Gasteiger partial charge in [-0.3, -0.25) is 9.59 Å². The molecule has 0 spiro atoms. The van der Waals surface area contributed by atoms with Gasteiger partial charge in [-0.1, -0.05) is 11.6 Å². The Kier molecular flexibility index (Phi) is 4.62. The first kappa shape index (κ1) is 17.4. The van der Waals surface area contributed by atoms with E-state index in [1.807, 2.05) is 6.07 Å². The topological polar surface area (TPSA) is 88.3 Å². The van der Waals surface area contributed by atoms with Gasteiger partial charge in [0, 0.05) is 29.8 Å². The van der Waals surface area contributed by atoms with Crippen molar-refractivity contribution in [2.75, 3.05) is 11.9 Å². The van der Waals surface area contributed by atoms with Crippen LogP contribution in [-0.2, 0) is 9.59 Å². The average Bonchev–Trinajstić information content (AvgIpc) is 3.24. The number of anilines is 1. The number of aryl methyl sites for hydroxylation is 1. The van der Waals surface area contributed by atoms with E-state index in [0.717, 1.165) is 17.7 Å². The summed E-state index contributed by atoms with van der Waals surface area (Å²) in [5, 5.41) is 10.8. The highest BCUT2D eigenvalue weighted by Gasteiger charge is 2.37. The van der Waals surface area contributed by atoms with E-state index in [1.54, 1.807) is 24.0 Å². The lowest BCUT2D eigenvalue weighted by Crippen LogP contribution is -2.37. The smallest absolute Gasteiger partial charge is 0.238 e. The first-order chi connectivity index (χ1) is 12.5. The van der Waals surface area contributed by atoms with Gasteiger partial charge in [0.1, 0.15) is 6.04 Å². The number of hydrogen-bond donors (Lipinski definition) is 1. The van der Waals surface area contributed by atoms with Crippen molar-refractivity contribution in [3.05, 3.63) is 35.0 Å². The van der Waals surface area contributed by atoms with E-state index >= 15 is 0 Å². The molecule has 1 aromatic heterocycles. The number of aromatic nitrogens is 2. The molecule has 1 saturated heterocycles. The van der Waals surface area contributed by atoms with Crippen molar-refractivity contribution >= 4 is 40.9 Å². The lowest BCUT2D eigenvalue weighted by Gasteiger charge is -2.27. The van der Waals surface area contributed by atoms with Crippen LogP contribution in [0.25, 0.3) is 0 Å². The standard InChI is InChI=1S/C17H17ClN4O3S/c1-9-20-21-17(25-9)12-3-2-6-22(12)15(23)8-14-16(24)19-11-7-10(18)4-5-13(11)26-14/h4-5,7,12,14H,2-3,6,8H2,1H3,(H,19,24)/t12-,14-/m0/s1. The Hall–Kier alpha value is -2.06. The van der Waals surface area contributed by atoms with Crippen LogP contribution in [0.15, 0.2) is 27.5 Å². The minimum absolute atomic E-state index is 0.0755. The van der Waals surface area contributed by atoms with E-state index < -0.39 is 5.25 Å². The molecular formula is C17H17ClN4O3S. The van der Waals surface area contributed by atoms with Crippen LogP contribution in [0.3, 0.4) is 0 Å². The molecule has 9 heteroatoms. The summed E-state index contributed by atoms with van der Waals surface area (Å²) in [6, 6.07) is 5.15. The number of carbonyl (C=O) groups excluding carboxylic acids is 2. The zero-order chi connectivity index (χ0) is 18.3. The fourth-order valence-electron chi connectivity index (χ4n) is 3.30. The Morgan fingerprint density at radius 1 is 1.46 bits per heavy atom. The second kappa shape index (κ2) is 6.92. The van der Waals surface area contributed by atoms with Crippen molar-refractivity contribution in [3.8, 4) is 0 Å². The van der Waals surface area contributed by atoms with Crippen molar-refractivity contribution in [3.63, 3.8) is 0 Å². The molecule has 2 atom stereocenters. The number of benzene rings is 1. The SMILES string of the molecule is Cc1nnc([C@@H]2CCCN2C(=O)C[C@@H]2Sc3ccc(Cl)cc3NC2=O)o1. The van der Waals surface area contributed by atoms with Gasteiger partial charge in [-0.25, -0.2) is 0 Å². The van der Waals surface area contributed by atoms with Gasteiger partial charge in [0.05, 0.1) is 10.9 Å². The molecule has 2 aliphatic heterocycles. The Morgan fingerprint density at radius 2 is 2.31 bits per heavy atom. The maximum absolute atomic E-state index is 12.8. The fraction of sp³-hybridized carbons (Fsp3) is 0.412. The van der Waals surface area contributed by atoms with Crippen LogP contribution in [0.5, 0.6) is 0 Å². The van der Waals surface area contributed by atoms with Gasteiger partial charge in [0.2, 0.25) is 23.6 Å². The lowest BCUT2D eigenvalue weighted by atomic mass is 10.2. The van der Waals surface area contributed by atoms with Crippen LogP contribution in [0, 0.1) is 6.92 Å². The zero-order valence-corrected chi connectivity index (χ0v) is 15.6. The molecular weight excluding hydrogens is 376 g/mol. The predicted molar refractivity (Wildman–Crippen MR) is 97.1 cm³/mol. The molecule has 1 N–H and O–H groups in total. The number of halogens is 1. The molecule has 0 radical (unpaired) electrons. The number of fused-ring (bicyclic) bond motifs is 1. The normalized spacial score (nSPS) is 22.2. The Morgan fingerprint density at radius 3 is 3.08 bits per heavy atom. The van der Waals surface area contributed by atoms with E-state index in [2.05, 4.69) is 15.5 Å². The minimum atomic E-state index is -0.471. The van der Waals surface area contributed by atoms with Gasteiger partial charge in [-0.15, -0.1) is 22.0 Å². The Bertz CT molecular complexity index is 871. The molecule has 4 rings (SSSR count). The summed E-state index contributed by atoms with van der Waals surface area (Å²) in [4.78, 5) is 27.9. The van der Waals surface area contributed by atoms with Gasteiger partial charge in [0.15, 0.2) is 0 Å². The monoisotopic (exact) mass is 392 g/mol. The van der Waals surface area contributed by atoms with E-state index in [1.165, 1.54) is 11.8 Å². The summed E-state index contributed by atoms with van der Waals surface area (Å²) < 4.78 is 5.50. The molecule has 1 aromatic carbocycles. The van der Waals surface area contributed by atoms with Crippen molar-refractivity contribution < 1.29 is 14.0 Å². The molecule has 0 aliphatic carbocycles. The summed E-state index contributed by atoms with van der Waals surface area (Å²) in [5.74, 6) is 0.696. The van der Waals surface area contributed by atoms with Gasteiger partial charge in [-0.2, -0.15) is 0 Å². The largest absolute Gasteiger partial charge is 0.423 e. The third-order valence-corrected chi connectivity index (χ3v) is 6.03. The highest BCUT2D eigenvalue weighted by Crippen LogP contribution is 2.39. The van der Waals surface area contributed by atoms with Gasteiger partial charge in [-0.05, 0) is 31.0 Å². The second-order valence-corrected chi connectivity index (χ2v) is 8.03. The highest BCUT2D eigenvalue weighted by atomic mass is 35.5. The number of likely N-dealkylation sites (tertiary alicyclic amines) is 1. The van der Waals surface area contributed by atoms with Crippen LogP contribution >= 0.6 is 23.4 Å². The first-order valence-corrected chi connectivity index (χ1v) is 9.63. The average molecular weight is 393 g/mol. The van der Waals surface area contributed by atoms with Crippen LogP contribution < -0.4 is 5.32 Å². The van der Waals surface area contributed by atoms with Crippen molar-refractivity contribution in [1.82, 2.24) is 15.1 Å². The van der Waals surface area contributed by atoms with Crippen LogP contribution in [0.1, 0.15) is 37.1 Å². The van der Waals surface area contributed by atoms with Gasteiger partial charge >= 0.3 is 0 Å². The van der Waals surface area contributed by atoms with E-state index in [-0.39, 0.29) is 24.3 Å². The highest BCUT2D eigenvalue weighted by molar-refractivity contribution is 8.01. The number of nitrogens with zero attached hydrogens (tertiary/aromatic N) is 3. The minimum Gasteiger partial charge on any atom is -0.423 e. The van der Waals surface area contributed by atoms with Crippen LogP contribution in [-0.4, -0.2) is 38.7 Å². The molecule has 26 heavy (non-hydrogen) atoms. The molecule has 3 heterocycles. The molecule has 0 unspecified atom stereocenters. The summed E-state index contributed by atoms with van der Waals surface area (Å²) in [6.07, 6.45) is 1.80. The quantitative estimate of drug-likeness (QED) is 0.862. The fourth-order valence-corrected chi connectivity index (χ4v) is 4.56. The molecule has 136 valence electrons.